The maximum absolute atomic E-state index is 12.2. The summed E-state index contributed by atoms with van der Waals surface area (Å²) in [5.74, 6) is -0.432. The van der Waals surface area contributed by atoms with Crippen LogP contribution in [0.4, 0.5) is 5.69 Å². The molecule has 3 aromatic rings. The summed E-state index contributed by atoms with van der Waals surface area (Å²) in [5.41, 5.74) is 1.89. The Balaban J connectivity index is 1.84. The first-order chi connectivity index (χ1) is 11.5. The molecular formula is C16H14N4O4. The summed E-state index contributed by atoms with van der Waals surface area (Å²) in [6, 6.07) is 6.90. The second-order valence-electron chi connectivity index (χ2n) is 5.61. The van der Waals surface area contributed by atoms with E-state index < -0.39 is 11.5 Å². The molecule has 0 radical (unpaired) electrons. The van der Waals surface area contributed by atoms with Crippen LogP contribution < -0.4 is 15.2 Å². The monoisotopic (exact) mass is 326 g/mol. The van der Waals surface area contributed by atoms with E-state index >= 15 is 0 Å². The summed E-state index contributed by atoms with van der Waals surface area (Å²) in [7, 11) is 1.99. The molecule has 1 aromatic carbocycles. The molecule has 4 rings (SSSR count). The zero-order valence-electron chi connectivity index (χ0n) is 12.8. The molecule has 0 amide bonds. The highest BCUT2D eigenvalue weighted by Crippen LogP contribution is 2.34. The molecule has 0 saturated carbocycles. The molecule has 1 aliphatic heterocycles. The zero-order valence-corrected chi connectivity index (χ0v) is 12.8. The summed E-state index contributed by atoms with van der Waals surface area (Å²) < 4.78 is 6.96. The standard InChI is InChI=1S/C16H14N4O4/c1-19-4-5-24-14-6-9(2-3-12(14)19)11-8-20-13(15(21)17-11)7-10(18-20)16(22)23/h2-3,6-8H,4-5H2,1H3,(H,17,21)(H,22,23). The minimum atomic E-state index is -1.18. The predicted octanol–water partition coefficient (Wildman–Crippen LogP) is 1.22. The van der Waals surface area contributed by atoms with Crippen LogP contribution in [-0.2, 0) is 0 Å². The molecule has 0 aliphatic carbocycles. The number of anilines is 1. The van der Waals surface area contributed by atoms with Crippen molar-refractivity contribution in [1.29, 1.82) is 0 Å². The molecule has 2 aromatic heterocycles. The second-order valence-corrected chi connectivity index (χ2v) is 5.61. The van der Waals surface area contributed by atoms with Crippen LogP contribution >= 0.6 is 0 Å². The van der Waals surface area contributed by atoms with Crippen molar-refractivity contribution in [1.82, 2.24) is 14.6 Å². The molecule has 8 heteroatoms. The zero-order chi connectivity index (χ0) is 16.8. The van der Waals surface area contributed by atoms with Gasteiger partial charge in [0.05, 0.1) is 24.1 Å². The lowest BCUT2D eigenvalue weighted by molar-refractivity contribution is 0.0690. The number of carboxylic acids is 1. The Morgan fingerprint density at radius 1 is 1.38 bits per heavy atom. The number of hydrogen-bond acceptors (Lipinski definition) is 5. The molecule has 24 heavy (non-hydrogen) atoms. The van der Waals surface area contributed by atoms with Crippen molar-refractivity contribution in [3.05, 3.63) is 46.5 Å². The van der Waals surface area contributed by atoms with Gasteiger partial charge in [-0.05, 0) is 12.1 Å². The molecule has 0 unspecified atom stereocenters. The first kappa shape index (κ1) is 14.3. The van der Waals surface area contributed by atoms with Crippen molar-refractivity contribution in [2.24, 2.45) is 0 Å². The van der Waals surface area contributed by atoms with Crippen LogP contribution in [0.3, 0.4) is 0 Å². The van der Waals surface area contributed by atoms with Gasteiger partial charge in [-0.3, -0.25) is 4.79 Å². The third-order valence-electron chi connectivity index (χ3n) is 4.05. The van der Waals surface area contributed by atoms with E-state index in [4.69, 9.17) is 9.84 Å². The summed E-state index contributed by atoms with van der Waals surface area (Å²) in [4.78, 5) is 28.1. The van der Waals surface area contributed by atoms with Gasteiger partial charge in [0.15, 0.2) is 5.69 Å². The molecule has 0 fully saturated rings. The number of aromatic carboxylic acids is 1. The van der Waals surface area contributed by atoms with Crippen LogP contribution in [0.1, 0.15) is 10.5 Å². The van der Waals surface area contributed by atoms with Gasteiger partial charge >= 0.3 is 5.97 Å². The summed E-state index contributed by atoms with van der Waals surface area (Å²) in [5, 5.41) is 12.9. The Bertz CT molecular complexity index is 1020. The summed E-state index contributed by atoms with van der Waals surface area (Å²) in [6.07, 6.45) is 1.59. The molecule has 122 valence electrons. The lowest BCUT2D eigenvalue weighted by Crippen LogP contribution is -2.28. The van der Waals surface area contributed by atoms with Crippen LogP contribution in [0.5, 0.6) is 5.75 Å². The molecular weight excluding hydrogens is 312 g/mol. The van der Waals surface area contributed by atoms with Crippen molar-refractivity contribution < 1.29 is 14.6 Å². The summed E-state index contributed by atoms with van der Waals surface area (Å²) >= 11 is 0. The maximum atomic E-state index is 12.2. The quantitative estimate of drug-likeness (QED) is 0.734. The minimum Gasteiger partial charge on any atom is -0.490 e. The van der Waals surface area contributed by atoms with Gasteiger partial charge in [-0.15, -0.1) is 0 Å². The smallest absolute Gasteiger partial charge is 0.356 e. The van der Waals surface area contributed by atoms with Gasteiger partial charge in [0.1, 0.15) is 17.9 Å². The Labute approximate surface area is 135 Å². The lowest BCUT2D eigenvalue weighted by atomic mass is 10.1. The van der Waals surface area contributed by atoms with E-state index in [2.05, 4.69) is 15.0 Å². The number of fused-ring (bicyclic) bond motifs is 2. The van der Waals surface area contributed by atoms with E-state index in [-0.39, 0.29) is 11.2 Å². The van der Waals surface area contributed by atoms with Crippen molar-refractivity contribution in [2.45, 2.75) is 0 Å². The third-order valence-corrected chi connectivity index (χ3v) is 4.05. The van der Waals surface area contributed by atoms with Gasteiger partial charge in [0.2, 0.25) is 0 Å². The normalized spacial score (nSPS) is 13.6. The van der Waals surface area contributed by atoms with Gasteiger partial charge in [0.25, 0.3) is 5.56 Å². The molecule has 0 bridgehead atoms. The maximum Gasteiger partial charge on any atom is 0.356 e. The Hall–Kier alpha value is -3.29. The molecule has 8 nitrogen and oxygen atoms in total. The highest BCUT2D eigenvalue weighted by molar-refractivity contribution is 5.87. The largest absolute Gasteiger partial charge is 0.490 e. The predicted molar refractivity (Wildman–Crippen MR) is 87.0 cm³/mol. The molecule has 0 atom stereocenters. The number of benzene rings is 1. The minimum absolute atomic E-state index is 0.173. The fraction of sp³-hybridized carbons (Fsp3) is 0.188. The Morgan fingerprint density at radius 2 is 2.21 bits per heavy atom. The number of aromatic nitrogens is 3. The van der Waals surface area contributed by atoms with Crippen LogP contribution in [0.2, 0.25) is 0 Å². The van der Waals surface area contributed by atoms with Crippen LogP contribution in [0, 0.1) is 0 Å². The van der Waals surface area contributed by atoms with Crippen molar-refractivity contribution in [3.63, 3.8) is 0 Å². The Morgan fingerprint density at radius 3 is 3.00 bits per heavy atom. The van der Waals surface area contributed by atoms with Crippen LogP contribution in [0.25, 0.3) is 16.8 Å². The Kier molecular flexibility index (Phi) is 3.05. The number of nitrogens with one attached hydrogen (secondary N) is 1. The van der Waals surface area contributed by atoms with E-state index in [1.807, 2.05) is 25.2 Å². The van der Waals surface area contributed by atoms with Gasteiger partial charge in [-0.1, -0.05) is 6.07 Å². The van der Waals surface area contributed by atoms with E-state index in [0.717, 1.165) is 23.5 Å². The van der Waals surface area contributed by atoms with Gasteiger partial charge in [0, 0.05) is 18.7 Å². The van der Waals surface area contributed by atoms with E-state index in [1.165, 1.54) is 10.6 Å². The topological polar surface area (TPSA) is 99.9 Å². The average Bonchev–Trinajstić information content (AvgIpc) is 3.00. The number of carbonyl (C=O) groups is 1. The van der Waals surface area contributed by atoms with Gasteiger partial charge in [-0.2, -0.15) is 5.10 Å². The van der Waals surface area contributed by atoms with Gasteiger partial charge < -0.3 is 19.7 Å². The van der Waals surface area contributed by atoms with E-state index in [9.17, 15) is 9.59 Å². The highest BCUT2D eigenvalue weighted by Gasteiger charge is 2.17. The number of rotatable bonds is 2. The number of ether oxygens (including phenoxy) is 1. The van der Waals surface area contributed by atoms with E-state index in [0.29, 0.717) is 12.3 Å². The first-order valence-electron chi connectivity index (χ1n) is 7.37. The van der Waals surface area contributed by atoms with Crippen molar-refractivity contribution in [3.8, 4) is 17.0 Å². The molecule has 3 heterocycles. The molecule has 0 saturated heterocycles. The fourth-order valence-corrected chi connectivity index (χ4v) is 2.78. The van der Waals surface area contributed by atoms with Crippen LogP contribution in [0.15, 0.2) is 35.3 Å². The molecule has 1 aliphatic rings. The number of carboxylic acid groups (broad SMARTS) is 1. The first-order valence-corrected chi connectivity index (χ1v) is 7.37. The molecule has 2 N–H and O–H groups in total. The SMILES string of the molecule is CN1CCOc2cc(-c3cn4nc(C(=O)O)cc4c(=O)[nH]3)ccc21. The number of likely N-dealkylation sites (N-methyl/N-ethyl adjacent to an activating group) is 1. The lowest BCUT2D eigenvalue weighted by Gasteiger charge is -2.27. The fourth-order valence-electron chi connectivity index (χ4n) is 2.78. The van der Waals surface area contributed by atoms with Gasteiger partial charge in [-0.25, -0.2) is 9.31 Å². The van der Waals surface area contributed by atoms with Crippen molar-refractivity contribution in [2.75, 3.05) is 25.1 Å². The number of hydrogen-bond donors (Lipinski definition) is 2. The summed E-state index contributed by atoms with van der Waals surface area (Å²) in [6.45, 7) is 1.42. The van der Waals surface area contributed by atoms with Crippen molar-refractivity contribution >= 4 is 17.2 Å². The molecule has 0 spiro atoms. The number of nitrogens with zero attached hydrogens (tertiary/aromatic N) is 3. The van der Waals surface area contributed by atoms with E-state index in [1.54, 1.807) is 6.20 Å². The third kappa shape index (κ3) is 2.19. The number of H-pyrrole nitrogens is 1. The second kappa shape index (κ2) is 5.12. The average molecular weight is 326 g/mol. The highest BCUT2D eigenvalue weighted by atomic mass is 16.5. The van der Waals surface area contributed by atoms with Crippen LogP contribution in [-0.4, -0.2) is 45.9 Å². The number of aromatic amines is 1.